The highest BCUT2D eigenvalue weighted by atomic mass is 79.9. The van der Waals surface area contributed by atoms with Gasteiger partial charge in [-0.3, -0.25) is 0 Å². The maximum absolute atomic E-state index is 5.99. The first-order valence-corrected chi connectivity index (χ1v) is 7.52. The van der Waals surface area contributed by atoms with E-state index in [4.69, 9.17) is 4.74 Å². The molecule has 106 valence electrons. The zero-order valence-corrected chi connectivity index (χ0v) is 13.9. The third kappa shape index (κ3) is 3.41. The quantitative estimate of drug-likeness (QED) is 0.836. The number of aryl methyl sites for hydroxylation is 2. The number of ether oxygens (including phenoxy) is 1. The molecule has 0 bridgehead atoms. The molecule has 0 saturated carbocycles. The van der Waals surface area contributed by atoms with E-state index in [1.165, 1.54) is 11.1 Å². The van der Waals surface area contributed by atoms with Crippen LogP contribution in [-0.4, -0.2) is 7.05 Å². The van der Waals surface area contributed by atoms with Crippen LogP contribution in [0.3, 0.4) is 0 Å². The molecule has 0 amide bonds. The molecule has 0 aliphatic carbocycles. The van der Waals surface area contributed by atoms with Crippen LogP contribution in [0.25, 0.3) is 0 Å². The van der Waals surface area contributed by atoms with Crippen molar-refractivity contribution in [2.24, 2.45) is 0 Å². The van der Waals surface area contributed by atoms with E-state index in [0.29, 0.717) is 6.04 Å². The molecule has 1 atom stereocenters. The van der Waals surface area contributed by atoms with Gasteiger partial charge in [0, 0.05) is 10.5 Å². The normalized spacial score (nSPS) is 12.2. The fourth-order valence-electron chi connectivity index (χ4n) is 2.02. The summed E-state index contributed by atoms with van der Waals surface area (Å²) in [6.45, 7) is 6.26. The molecular formula is C17H20BrNO. The van der Waals surface area contributed by atoms with Gasteiger partial charge in [0.05, 0.1) is 0 Å². The number of benzene rings is 2. The Labute approximate surface area is 129 Å². The fraction of sp³-hybridized carbons (Fsp3) is 0.294. The van der Waals surface area contributed by atoms with Gasteiger partial charge < -0.3 is 10.1 Å². The zero-order chi connectivity index (χ0) is 14.7. The lowest BCUT2D eigenvalue weighted by molar-refractivity contribution is 0.477. The van der Waals surface area contributed by atoms with E-state index in [1.807, 2.05) is 19.2 Å². The van der Waals surface area contributed by atoms with E-state index in [2.05, 4.69) is 66.3 Å². The molecule has 0 aliphatic heterocycles. The Morgan fingerprint density at radius 1 is 1.10 bits per heavy atom. The van der Waals surface area contributed by atoms with Gasteiger partial charge in [-0.25, -0.2) is 0 Å². The molecule has 0 radical (unpaired) electrons. The second-order valence-corrected chi connectivity index (χ2v) is 5.92. The standard InChI is InChI=1S/C17H20BrNO/c1-11-5-6-12(2)17(9-11)20-14-7-8-15(13(3)19-4)16(18)10-14/h5-10,13,19H,1-4H3. The lowest BCUT2D eigenvalue weighted by atomic mass is 10.1. The second-order valence-electron chi connectivity index (χ2n) is 5.06. The summed E-state index contributed by atoms with van der Waals surface area (Å²) in [6.07, 6.45) is 0. The third-order valence-electron chi connectivity index (χ3n) is 3.44. The van der Waals surface area contributed by atoms with Crippen LogP contribution in [0, 0.1) is 13.8 Å². The predicted molar refractivity (Wildman–Crippen MR) is 87.6 cm³/mol. The van der Waals surface area contributed by atoms with Crippen LogP contribution >= 0.6 is 15.9 Å². The van der Waals surface area contributed by atoms with Gasteiger partial charge in [0.1, 0.15) is 11.5 Å². The highest BCUT2D eigenvalue weighted by molar-refractivity contribution is 9.10. The monoisotopic (exact) mass is 333 g/mol. The van der Waals surface area contributed by atoms with E-state index in [-0.39, 0.29) is 0 Å². The van der Waals surface area contributed by atoms with Crippen LogP contribution in [0.5, 0.6) is 11.5 Å². The van der Waals surface area contributed by atoms with Crippen molar-refractivity contribution in [1.29, 1.82) is 0 Å². The minimum absolute atomic E-state index is 0.305. The lowest BCUT2D eigenvalue weighted by Crippen LogP contribution is -2.12. The first-order chi connectivity index (χ1) is 9.51. The smallest absolute Gasteiger partial charge is 0.130 e. The summed E-state index contributed by atoms with van der Waals surface area (Å²) in [6, 6.07) is 12.7. The Hall–Kier alpha value is -1.32. The molecule has 2 nitrogen and oxygen atoms in total. The van der Waals surface area contributed by atoms with Crippen LogP contribution in [0.1, 0.15) is 29.7 Å². The van der Waals surface area contributed by atoms with Gasteiger partial charge in [0.2, 0.25) is 0 Å². The van der Waals surface area contributed by atoms with Gasteiger partial charge in [-0.15, -0.1) is 0 Å². The van der Waals surface area contributed by atoms with Crippen LogP contribution in [-0.2, 0) is 0 Å². The molecule has 3 heteroatoms. The average Bonchev–Trinajstić information content (AvgIpc) is 2.42. The minimum atomic E-state index is 0.305. The van der Waals surface area contributed by atoms with Crippen LogP contribution in [0.15, 0.2) is 40.9 Å². The predicted octanol–water partition coefficient (Wildman–Crippen LogP) is 5.14. The summed E-state index contributed by atoms with van der Waals surface area (Å²) in [5.74, 6) is 1.75. The highest BCUT2D eigenvalue weighted by Crippen LogP contribution is 2.31. The maximum atomic E-state index is 5.99. The first-order valence-electron chi connectivity index (χ1n) is 6.73. The molecule has 2 aromatic rings. The summed E-state index contributed by atoms with van der Waals surface area (Å²) in [4.78, 5) is 0. The second kappa shape index (κ2) is 6.42. The van der Waals surface area contributed by atoms with Gasteiger partial charge in [0.25, 0.3) is 0 Å². The van der Waals surface area contributed by atoms with Gasteiger partial charge in [-0.2, -0.15) is 0 Å². The van der Waals surface area contributed by atoms with Crippen LogP contribution in [0.4, 0.5) is 0 Å². The van der Waals surface area contributed by atoms with E-state index >= 15 is 0 Å². The molecule has 1 N–H and O–H groups in total. The van der Waals surface area contributed by atoms with E-state index in [1.54, 1.807) is 0 Å². The number of rotatable bonds is 4. The molecule has 1 unspecified atom stereocenters. The minimum Gasteiger partial charge on any atom is -0.457 e. The van der Waals surface area contributed by atoms with E-state index in [0.717, 1.165) is 21.5 Å². The van der Waals surface area contributed by atoms with Crippen molar-refractivity contribution >= 4 is 15.9 Å². The molecule has 2 rings (SSSR count). The Morgan fingerprint density at radius 3 is 2.50 bits per heavy atom. The van der Waals surface area contributed by atoms with Crippen molar-refractivity contribution < 1.29 is 4.74 Å². The van der Waals surface area contributed by atoms with Crippen LogP contribution < -0.4 is 10.1 Å². The van der Waals surface area contributed by atoms with E-state index < -0.39 is 0 Å². The Morgan fingerprint density at radius 2 is 1.85 bits per heavy atom. The summed E-state index contributed by atoms with van der Waals surface area (Å²) in [7, 11) is 1.96. The molecule has 2 aromatic carbocycles. The largest absolute Gasteiger partial charge is 0.457 e. The van der Waals surface area contributed by atoms with Crippen molar-refractivity contribution in [3.8, 4) is 11.5 Å². The first kappa shape index (κ1) is 15.1. The number of nitrogens with one attached hydrogen (secondary N) is 1. The average molecular weight is 334 g/mol. The fourth-order valence-corrected chi connectivity index (χ4v) is 2.72. The van der Waals surface area contributed by atoms with Gasteiger partial charge >= 0.3 is 0 Å². The van der Waals surface area contributed by atoms with Gasteiger partial charge in [-0.05, 0) is 62.7 Å². The Kier molecular flexibility index (Phi) is 4.84. The van der Waals surface area contributed by atoms with Crippen molar-refractivity contribution in [2.75, 3.05) is 7.05 Å². The third-order valence-corrected chi connectivity index (χ3v) is 4.13. The summed E-state index contributed by atoms with van der Waals surface area (Å²) < 4.78 is 7.05. The topological polar surface area (TPSA) is 21.3 Å². The maximum Gasteiger partial charge on any atom is 0.130 e. The number of hydrogen-bond donors (Lipinski definition) is 1. The van der Waals surface area contributed by atoms with Crippen LogP contribution in [0.2, 0.25) is 0 Å². The summed E-state index contributed by atoms with van der Waals surface area (Å²) in [5.41, 5.74) is 3.56. The Bertz CT molecular complexity index is 610. The summed E-state index contributed by atoms with van der Waals surface area (Å²) >= 11 is 3.61. The molecule has 20 heavy (non-hydrogen) atoms. The van der Waals surface area contributed by atoms with Crippen molar-refractivity contribution in [3.05, 3.63) is 57.6 Å². The van der Waals surface area contributed by atoms with E-state index in [9.17, 15) is 0 Å². The van der Waals surface area contributed by atoms with Crippen molar-refractivity contribution in [2.45, 2.75) is 26.8 Å². The Balaban J connectivity index is 2.26. The molecule has 0 saturated heterocycles. The molecular weight excluding hydrogens is 314 g/mol. The number of hydrogen-bond acceptors (Lipinski definition) is 2. The van der Waals surface area contributed by atoms with Crippen molar-refractivity contribution in [3.63, 3.8) is 0 Å². The zero-order valence-electron chi connectivity index (χ0n) is 12.3. The molecule has 0 spiro atoms. The highest BCUT2D eigenvalue weighted by Gasteiger charge is 2.09. The lowest BCUT2D eigenvalue weighted by Gasteiger charge is -2.15. The molecule has 0 aromatic heterocycles. The number of halogens is 1. The van der Waals surface area contributed by atoms with Crippen molar-refractivity contribution in [1.82, 2.24) is 5.32 Å². The SMILES string of the molecule is CNC(C)c1ccc(Oc2cc(C)ccc2C)cc1Br. The molecule has 0 fully saturated rings. The molecule has 0 aliphatic rings. The molecule has 0 heterocycles. The van der Waals surface area contributed by atoms with Gasteiger partial charge in [-0.1, -0.05) is 34.1 Å². The summed E-state index contributed by atoms with van der Waals surface area (Å²) in [5, 5.41) is 3.24. The van der Waals surface area contributed by atoms with Gasteiger partial charge in [0.15, 0.2) is 0 Å².